The number of aromatic nitrogens is 1. The number of hydrogen-bond donors (Lipinski definition) is 1. The van der Waals surface area contributed by atoms with E-state index < -0.39 is 29.1 Å². The number of ether oxygens (including phenoxy) is 4. The third kappa shape index (κ3) is 2.84. The zero-order chi connectivity index (χ0) is 23.9. The van der Waals surface area contributed by atoms with Crippen LogP contribution in [-0.4, -0.2) is 52.6 Å². The number of carbonyl (C=O) groups excluding carboxylic acids is 2. The molecule has 0 radical (unpaired) electrons. The second-order valence-corrected chi connectivity index (χ2v) is 10.5. The van der Waals surface area contributed by atoms with E-state index in [9.17, 15) is 14.7 Å². The van der Waals surface area contributed by atoms with Crippen LogP contribution in [0.2, 0.25) is 0 Å². The van der Waals surface area contributed by atoms with Crippen LogP contribution in [0.5, 0.6) is 17.2 Å². The van der Waals surface area contributed by atoms with Crippen molar-refractivity contribution in [1.82, 2.24) is 4.98 Å². The van der Waals surface area contributed by atoms with Gasteiger partial charge in [-0.05, 0) is 37.3 Å². The van der Waals surface area contributed by atoms with E-state index in [4.69, 9.17) is 18.9 Å². The van der Waals surface area contributed by atoms with Gasteiger partial charge in [-0.25, -0.2) is 9.88 Å². The maximum atomic E-state index is 13.7. The van der Waals surface area contributed by atoms with Gasteiger partial charge in [-0.3, -0.25) is 9.59 Å². The maximum absolute atomic E-state index is 13.7. The number of aliphatic hydroxyl groups is 1. The molecule has 4 unspecified atom stereocenters. The summed E-state index contributed by atoms with van der Waals surface area (Å²) in [6.45, 7) is 2.17. The summed E-state index contributed by atoms with van der Waals surface area (Å²) in [6, 6.07) is 10.7. The monoisotopic (exact) mass is 494 g/mol. The van der Waals surface area contributed by atoms with Crippen LogP contribution in [0.4, 0.5) is 5.69 Å². The summed E-state index contributed by atoms with van der Waals surface area (Å²) >= 11 is 1.45. The number of aliphatic hydroxyl groups excluding tert-OH is 1. The molecule has 4 aliphatic heterocycles. The molecule has 1 aromatic heterocycles. The van der Waals surface area contributed by atoms with Gasteiger partial charge in [-0.15, -0.1) is 11.3 Å². The summed E-state index contributed by atoms with van der Waals surface area (Å²) in [5.74, 6) is -0.158. The summed E-state index contributed by atoms with van der Waals surface area (Å²) < 4.78 is 24.0. The smallest absolute Gasteiger partial charge is 0.240 e. The number of fused-ring (bicyclic) bond motifs is 7. The highest BCUT2D eigenvalue weighted by molar-refractivity contribution is 7.16. The van der Waals surface area contributed by atoms with Crippen LogP contribution >= 0.6 is 11.3 Å². The van der Waals surface area contributed by atoms with Gasteiger partial charge in [0.2, 0.25) is 18.6 Å². The summed E-state index contributed by atoms with van der Waals surface area (Å²) in [6.07, 6.45) is -0.221. The number of hydrogen-bond acceptors (Lipinski definition) is 9. The van der Waals surface area contributed by atoms with Crippen LogP contribution in [0.1, 0.15) is 19.8 Å². The van der Waals surface area contributed by atoms with Gasteiger partial charge in [-0.1, -0.05) is 0 Å². The molecular weight excluding hydrogens is 472 g/mol. The van der Waals surface area contributed by atoms with Crippen molar-refractivity contribution >= 4 is 39.1 Å². The minimum absolute atomic E-state index is 0.178. The van der Waals surface area contributed by atoms with Crippen LogP contribution < -0.4 is 19.1 Å². The van der Waals surface area contributed by atoms with Gasteiger partial charge in [-0.2, -0.15) is 0 Å². The van der Waals surface area contributed by atoms with Crippen molar-refractivity contribution in [1.29, 1.82) is 0 Å². The van der Waals surface area contributed by atoms with Crippen LogP contribution in [0, 0.1) is 11.8 Å². The predicted molar refractivity (Wildman–Crippen MR) is 125 cm³/mol. The molecule has 3 aromatic rings. The fraction of sp³-hybridized carbons (Fsp3) is 0.400. The highest BCUT2D eigenvalue weighted by Gasteiger charge is 2.77. The normalized spacial score (nSPS) is 32.6. The Morgan fingerprint density at radius 3 is 2.86 bits per heavy atom. The zero-order valence-corrected chi connectivity index (χ0v) is 19.6. The largest absolute Gasteiger partial charge is 0.493 e. The number of rotatable bonds is 5. The Morgan fingerprint density at radius 2 is 1.97 bits per heavy atom. The van der Waals surface area contributed by atoms with Crippen molar-refractivity contribution in [2.24, 2.45) is 11.8 Å². The Morgan fingerprint density at radius 1 is 1.14 bits per heavy atom. The molecule has 3 saturated heterocycles. The van der Waals surface area contributed by atoms with Crippen molar-refractivity contribution in [2.75, 3.05) is 18.3 Å². The number of carbonyl (C=O) groups is 2. The molecule has 0 spiro atoms. The molecule has 5 atom stereocenters. The van der Waals surface area contributed by atoms with E-state index >= 15 is 0 Å². The van der Waals surface area contributed by atoms with E-state index in [2.05, 4.69) is 4.98 Å². The molecule has 10 heteroatoms. The number of amides is 2. The van der Waals surface area contributed by atoms with Crippen LogP contribution in [-0.2, 0) is 14.3 Å². The SMILES string of the molecule is CC12OC(CCOc3ccc4c(c3)OCO4)(CC1O)C1C(=O)N(c3ccc4ncsc4c3)C(=O)[C@H]12. The average molecular weight is 495 g/mol. The lowest BCUT2D eigenvalue weighted by Crippen LogP contribution is -2.49. The molecule has 7 rings (SSSR count). The fourth-order valence-corrected chi connectivity index (χ4v) is 6.88. The van der Waals surface area contributed by atoms with Crippen LogP contribution in [0.3, 0.4) is 0 Å². The molecule has 9 nitrogen and oxygen atoms in total. The van der Waals surface area contributed by atoms with Crippen molar-refractivity contribution in [3.8, 4) is 17.2 Å². The lowest BCUT2D eigenvalue weighted by Gasteiger charge is -2.33. The quantitative estimate of drug-likeness (QED) is 0.540. The van der Waals surface area contributed by atoms with Gasteiger partial charge in [0.25, 0.3) is 0 Å². The summed E-state index contributed by atoms with van der Waals surface area (Å²) in [5.41, 5.74) is 0.971. The topological polar surface area (TPSA) is 107 Å². The molecule has 4 aliphatic rings. The van der Waals surface area contributed by atoms with Crippen LogP contribution in [0.25, 0.3) is 10.2 Å². The molecular formula is C25H22N2O7S. The molecule has 0 saturated carbocycles. The summed E-state index contributed by atoms with van der Waals surface area (Å²) in [5, 5.41) is 10.9. The molecule has 5 heterocycles. The summed E-state index contributed by atoms with van der Waals surface area (Å²) in [4.78, 5) is 32.9. The van der Waals surface area contributed by atoms with E-state index in [1.165, 1.54) is 16.2 Å². The third-order valence-corrected chi connectivity index (χ3v) is 8.62. The van der Waals surface area contributed by atoms with Crippen molar-refractivity contribution in [2.45, 2.75) is 37.1 Å². The fourth-order valence-electron chi connectivity index (χ4n) is 6.17. The number of benzene rings is 2. The minimum Gasteiger partial charge on any atom is -0.493 e. The highest BCUT2D eigenvalue weighted by Crippen LogP contribution is 2.62. The molecule has 2 amide bonds. The molecule has 2 aromatic carbocycles. The first-order valence-electron chi connectivity index (χ1n) is 11.5. The third-order valence-electron chi connectivity index (χ3n) is 7.83. The second-order valence-electron chi connectivity index (χ2n) is 9.66. The predicted octanol–water partition coefficient (Wildman–Crippen LogP) is 2.89. The number of imide groups is 1. The van der Waals surface area contributed by atoms with Gasteiger partial charge in [0.1, 0.15) is 11.4 Å². The lowest BCUT2D eigenvalue weighted by atomic mass is 9.66. The van der Waals surface area contributed by atoms with E-state index in [-0.39, 0.29) is 31.6 Å². The number of anilines is 1. The molecule has 180 valence electrons. The van der Waals surface area contributed by atoms with Gasteiger partial charge in [0.15, 0.2) is 11.5 Å². The first-order chi connectivity index (χ1) is 16.9. The standard InChI is InChI=1S/C25H22N2O7S/c1-24-19(28)10-25(34-24,6-7-31-14-3-5-16-17(9-14)33-12-32-16)21-20(24)22(29)27(23(21)30)13-2-4-15-18(8-13)35-11-26-15/h2-5,8-9,11,19-21,28H,6-7,10,12H2,1H3/t19?,20-,21?,24?,25?/m0/s1. The number of thiazole rings is 1. The Kier molecular flexibility index (Phi) is 4.32. The highest BCUT2D eigenvalue weighted by atomic mass is 32.1. The van der Waals surface area contributed by atoms with E-state index in [1.54, 1.807) is 36.7 Å². The molecule has 3 fully saturated rings. The second kappa shape index (κ2) is 7.16. The van der Waals surface area contributed by atoms with E-state index in [0.29, 0.717) is 29.4 Å². The Balaban J connectivity index is 1.17. The Labute approximate surface area is 204 Å². The van der Waals surface area contributed by atoms with E-state index in [0.717, 1.165) is 10.2 Å². The zero-order valence-electron chi connectivity index (χ0n) is 18.8. The van der Waals surface area contributed by atoms with Crippen molar-refractivity contribution in [3.05, 3.63) is 41.9 Å². The average Bonchev–Trinajstić information content (AvgIpc) is 3.61. The first-order valence-corrected chi connectivity index (χ1v) is 12.4. The lowest BCUT2D eigenvalue weighted by molar-refractivity contribution is -0.134. The maximum Gasteiger partial charge on any atom is 0.240 e. The van der Waals surface area contributed by atoms with Crippen molar-refractivity contribution < 1.29 is 33.6 Å². The summed E-state index contributed by atoms with van der Waals surface area (Å²) in [7, 11) is 0. The van der Waals surface area contributed by atoms with Gasteiger partial charge in [0, 0.05) is 18.9 Å². The Bertz CT molecular complexity index is 1390. The minimum atomic E-state index is -1.13. The molecule has 0 aliphatic carbocycles. The van der Waals surface area contributed by atoms with Gasteiger partial charge in [0.05, 0.1) is 51.6 Å². The van der Waals surface area contributed by atoms with Crippen LogP contribution in [0.15, 0.2) is 41.9 Å². The van der Waals surface area contributed by atoms with Gasteiger partial charge < -0.3 is 24.1 Å². The number of nitrogens with zero attached hydrogens (tertiary/aromatic N) is 2. The molecule has 35 heavy (non-hydrogen) atoms. The first kappa shape index (κ1) is 21.1. The molecule has 1 N–H and O–H groups in total. The van der Waals surface area contributed by atoms with Crippen molar-refractivity contribution in [3.63, 3.8) is 0 Å². The Hall–Kier alpha value is -3.21. The van der Waals surface area contributed by atoms with Gasteiger partial charge >= 0.3 is 0 Å². The van der Waals surface area contributed by atoms with E-state index in [1.807, 2.05) is 12.1 Å². The molecule has 2 bridgehead atoms.